The van der Waals surface area contributed by atoms with Gasteiger partial charge in [-0.3, -0.25) is 5.10 Å². The van der Waals surface area contributed by atoms with Crippen LogP contribution in [0.5, 0.6) is 0 Å². The molecule has 0 aliphatic heterocycles. The molecular weight excluding hydrogens is 274 g/mol. The molecule has 5 nitrogen and oxygen atoms in total. The summed E-state index contributed by atoms with van der Waals surface area (Å²) in [7, 11) is -3.06. The van der Waals surface area contributed by atoms with Gasteiger partial charge in [0.2, 0.25) is 0 Å². The van der Waals surface area contributed by atoms with Crippen LogP contribution < -0.4 is 5.32 Å². The first-order valence-corrected chi connectivity index (χ1v) is 8.46. The molecule has 1 aromatic heterocycles. The molecule has 1 unspecified atom stereocenters. The number of rotatable bonds is 6. The number of hydrogen-bond donors (Lipinski definition) is 2. The third-order valence-electron chi connectivity index (χ3n) is 3.14. The zero-order valence-electron chi connectivity index (χ0n) is 11.6. The second-order valence-electron chi connectivity index (χ2n) is 4.96. The van der Waals surface area contributed by atoms with Gasteiger partial charge in [-0.25, -0.2) is 8.42 Å². The van der Waals surface area contributed by atoms with E-state index >= 15 is 0 Å². The molecule has 0 aliphatic carbocycles. The summed E-state index contributed by atoms with van der Waals surface area (Å²) in [6.07, 6.45) is 3.01. The minimum Gasteiger partial charge on any atom is -0.305 e. The van der Waals surface area contributed by atoms with Crippen LogP contribution in [0.2, 0.25) is 0 Å². The number of aromatic amines is 1. The topological polar surface area (TPSA) is 74.8 Å². The van der Waals surface area contributed by atoms with Gasteiger partial charge in [0, 0.05) is 30.1 Å². The third-order valence-corrected chi connectivity index (χ3v) is 4.08. The van der Waals surface area contributed by atoms with Gasteiger partial charge < -0.3 is 5.32 Å². The SMILES string of the molecule is Cc1[nH]ncc1CNC(CS(C)(=O)=O)c1ccccc1. The summed E-state index contributed by atoms with van der Waals surface area (Å²) in [5.74, 6) is 0.0773. The quantitative estimate of drug-likeness (QED) is 0.848. The zero-order valence-corrected chi connectivity index (χ0v) is 12.4. The average Bonchev–Trinajstić information content (AvgIpc) is 2.80. The lowest BCUT2D eigenvalue weighted by Gasteiger charge is -2.18. The van der Waals surface area contributed by atoms with Crippen molar-refractivity contribution in [1.29, 1.82) is 0 Å². The van der Waals surface area contributed by atoms with Crippen LogP contribution in [-0.4, -0.2) is 30.6 Å². The summed E-state index contributed by atoms with van der Waals surface area (Å²) in [5, 5.41) is 10.1. The van der Waals surface area contributed by atoms with Gasteiger partial charge in [0.15, 0.2) is 0 Å². The maximum absolute atomic E-state index is 11.6. The number of aryl methyl sites for hydroxylation is 1. The van der Waals surface area contributed by atoms with E-state index in [4.69, 9.17) is 0 Å². The number of benzene rings is 1. The van der Waals surface area contributed by atoms with Crippen molar-refractivity contribution >= 4 is 9.84 Å². The average molecular weight is 293 g/mol. The molecule has 6 heteroatoms. The van der Waals surface area contributed by atoms with Crippen molar-refractivity contribution in [2.24, 2.45) is 0 Å². The maximum atomic E-state index is 11.6. The zero-order chi connectivity index (χ0) is 14.6. The summed E-state index contributed by atoms with van der Waals surface area (Å²) in [6, 6.07) is 9.39. The Balaban J connectivity index is 2.13. The van der Waals surface area contributed by atoms with Gasteiger partial charge in [-0.1, -0.05) is 30.3 Å². The van der Waals surface area contributed by atoms with Crippen molar-refractivity contribution in [2.75, 3.05) is 12.0 Å². The predicted molar refractivity (Wildman–Crippen MR) is 79.1 cm³/mol. The number of hydrogen-bond acceptors (Lipinski definition) is 4. The minimum absolute atomic E-state index is 0.0773. The largest absolute Gasteiger partial charge is 0.305 e. The van der Waals surface area contributed by atoms with Crippen LogP contribution in [0.1, 0.15) is 22.9 Å². The monoisotopic (exact) mass is 293 g/mol. The van der Waals surface area contributed by atoms with Gasteiger partial charge in [0.1, 0.15) is 9.84 Å². The maximum Gasteiger partial charge on any atom is 0.149 e. The molecule has 2 N–H and O–H groups in total. The Bertz CT molecular complexity index is 650. The van der Waals surface area contributed by atoms with E-state index in [1.165, 1.54) is 6.26 Å². The summed E-state index contributed by atoms with van der Waals surface area (Å²) in [5.41, 5.74) is 3.00. The highest BCUT2D eigenvalue weighted by Gasteiger charge is 2.17. The highest BCUT2D eigenvalue weighted by molar-refractivity contribution is 7.90. The first kappa shape index (κ1) is 14.7. The molecule has 20 heavy (non-hydrogen) atoms. The van der Waals surface area contributed by atoms with E-state index in [9.17, 15) is 8.42 Å². The third kappa shape index (κ3) is 4.18. The van der Waals surface area contributed by atoms with Gasteiger partial charge >= 0.3 is 0 Å². The van der Waals surface area contributed by atoms with Crippen LogP contribution >= 0.6 is 0 Å². The van der Waals surface area contributed by atoms with Gasteiger partial charge in [0.05, 0.1) is 11.9 Å². The van der Waals surface area contributed by atoms with E-state index in [-0.39, 0.29) is 11.8 Å². The molecule has 1 atom stereocenters. The summed E-state index contributed by atoms with van der Waals surface area (Å²) in [4.78, 5) is 0. The molecule has 1 aromatic carbocycles. The molecule has 0 saturated heterocycles. The van der Waals surface area contributed by atoms with E-state index in [2.05, 4.69) is 15.5 Å². The molecular formula is C14H19N3O2S. The molecule has 1 heterocycles. The lowest BCUT2D eigenvalue weighted by Crippen LogP contribution is -2.27. The van der Waals surface area contributed by atoms with Crippen LogP contribution in [-0.2, 0) is 16.4 Å². The Morgan fingerprint density at radius 3 is 2.55 bits per heavy atom. The van der Waals surface area contributed by atoms with Crippen LogP contribution in [0.4, 0.5) is 0 Å². The van der Waals surface area contributed by atoms with E-state index in [1.807, 2.05) is 37.3 Å². The van der Waals surface area contributed by atoms with Crippen molar-refractivity contribution < 1.29 is 8.42 Å². The Labute approximate surface area is 119 Å². The molecule has 0 fully saturated rings. The number of aromatic nitrogens is 2. The fraction of sp³-hybridized carbons (Fsp3) is 0.357. The van der Waals surface area contributed by atoms with E-state index < -0.39 is 9.84 Å². The van der Waals surface area contributed by atoms with Crippen molar-refractivity contribution in [2.45, 2.75) is 19.5 Å². The second-order valence-corrected chi connectivity index (χ2v) is 7.14. The lowest BCUT2D eigenvalue weighted by molar-refractivity contribution is 0.550. The number of sulfone groups is 1. The van der Waals surface area contributed by atoms with E-state index in [0.29, 0.717) is 6.54 Å². The molecule has 0 amide bonds. The predicted octanol–water partition coefficient (Wildman–Crippen LogP) is 1.59. The molecule has 0 radical (unpaired) electrons. The van der Waals surface area contributed by atoms with Crippen LogP contribution in [0.3, 0.4) is 0 Å². The van der Waals surface area contributed by atoms with Gasteiger partial charge in [-0.05, 0) is 12.5 Å². The van der Waals surface area contributed by atoms with Crippen molar-refractivity contribution in [3.05, 3.63) is 53.3 Å². The summed E-state index contributed by atoms with van der Waals surface area (Å²) >= 11 is 0. The summed E-state index contributed by atoms with van der Waals surface area (Å²) < 4.78 is 23.2. The van der Waals surface area contributed by atoms with Gasteiger partial charge in [-0.15, -0.1) is 0 Å². The van der Waals surface area contributed by atoms with Crippen LogP contribution in [0.25, 0.3) is 0 Å². The Kier molecular flexibility index (Phi) is 4.57. The molecule has 2 aromatic rings. The second kappa shape index (κ2) is 6.19. The first-order valence-electron chi connectivity index (χ1n) is 6.40. The molecule has 2 rings (SSSR count). The summed E-state index contributed by atoms with van der Waals surface area (Å²) in [6.45, 7) is 2.52. The number of nitrogens with one attached hydrogen (secondary N) is 2. The molecule has 0 spiro atoms. The Hall–Kier alpha value is -1.66. The first-order chi connectivity index (χ1) is 9.46. The lowest BCUT2D eigenvalue weighted by atomic mass is 10.1. The minimum atomic E-state index is -3.06. The van der Waals surface area contributed by atoms with Gasteiger partial charge in [0.25, 0.3) is 0 Å². The highest BCUT2D eigenvalue weighted by Crippen LogP contribution is 2.16. The number of H-pyrrole nitrogens is 1. The standard InChI is InChI=1S/C14H19N3O2S/c1-11-13(9-16-17-11)8-15-14(10-20(2,18)19)12-6-4-3-5-7-12/h3-7,9,14-15H,8,10H2,1-2H3,(H,16,17). The van der Waals surface area contributed by atoms with E-state index in [1.54, 1.807) is 6.20 Å². The van der Waals surface area contributed by atoms with Crippen LogP contribution in [0, 0.1) is 6.92 Å². The van der Waals surface area contributed by atoms with Gasteiger partial charge in [-0.2, -0.15) is 5.10 Å². The molecule has 0 saturated carbocycles. The Morgan fingerprint density at radius 2 is 2.00 bits per heavy atom. The van der Waals surface area contributed by atoms with Crippen molar-refractivity contribution in [1.82, 2.24) is 15.5 Å². The molecule has 0 bridgehead atoms. The molecule has 108 valence electrons. The van der Waals surface area contributed by atoms with E-state index in [0.717, 1.165) is 16.8 Å². The fourth-order valence-corrected chi connectivity index (χ4v) is 2.96. The van der Waals surface area contributed by atoms with Crippen molar-refractivity contribution in [3.8, 4) is 0 Å². The van der Waals surface area contributed by atoms with Crippen LogP contribution in [0.15, 0.2) is 36.5 Å². The van der Waals surface area contributed by atoms with Crippen molar-refractivity contribution in [3.63, 3.8) is 0 Å². The normalized spacial score (nSPS) is 13.3. The molecule has 0 aliphatic rings. The Morgan fingerprint density at radius 1 is 1.30 bits per heavy atom. The smallest absolute Gasteiger partial charge is 0.149 e. The number of nitrogens with zero attached hydrogens (tertiary/aromatic N) is 1. The highest BCUT2D eigenvalue weighted by atomic mass is 32.2. The fourth-order valence-electron chi connectivity index (χ4n) is 2.05.